The molecule has 7 heteroatoms. The lowest BCUT2D eigenvalue weighted by molar-refractivity contribution is -0.137. The molecule has 1 N–H and O–H groups in total. The van der Waals surface area contributed by atoms with Gasteiger partial charge in [-0.15, -0.1) is 0 Å². The first kappa shape index (κ1) is 15.3. The minimum atomic E-state index is -4.40. The molecule has 2 atom stereocenters. The number of benzene rings is 1. The molecule has 0 saturated heterocycles. The Kier molecular flexibility index (Phi) is 3.85. The Labute approximate surface area is 118 Å². The summed E-state index contributed by atoms with van der Waals surface area (Å²) in [6.07, 6.45) is -4.40. The van der Waals surface area contributed by atoms with Gasteiger partial charge in [-0.05, 0) is 39.0 Å². The number of alkyl halides is 3. The number of rotatable bonds is 2. The van der Waals surface area contributed by atoms with Gasteiger partial charge in [0.1, 0.15) is 12.4 Å². The summed E-state index contributed by atoms with van der Waals surface area (Å²) in [5.74, 6) is 0.404. The third kappa shape index (κ3) is 3.15. The van der Waals surface area contributed by atoms with Crippen molar-refractivity contribution in [1.82, 2.24) is 4.72 Å². The van der Waals surface area contributed by atoms with Crippen molar-refractivity contribution < 1.29 is 22.1 Å². The Bertz CT molecular complexity index is 537. The van der Waals surface area contributed by atoms with E-state index >= 15 is 0 Å². The molecule has 2 rings (SSSR count). The monoisotopic (exact) mass is 307 g/mol. The molecule has 0 amide bonds. The van der Waals surface area contributed by atoms with Gasteiger partial charge in [0.25, 0.3) is 0 Å². The molecule has 0 spiro atoms. The summed E-state index contributed by atoms with van der Waals surface area (Å²) < 4.78 is 57.8. The second-order valence-electron chi connectivity index (χ2n) is 5.61. The molecule has 0 aliphatic carbocycles. The van der Waals surface area contributed by atoms with Crippen molar-refractivity contribution in [2.24, 2.45) is 0 Å². The van der Waals surface area contributed by atoms with E-state index in [1.807, 2.05) is 0 Å². The van der Waals surface area contributed by atoms with Gasteiger partial charge in [-0.1, -0.05) is 0 Å². The van der Waals surface area contributed by atoms with E-state index in [9.17, 15) is 17.4 Å². The minimum Gasteiger partial charge on any atom is -0.491 e. The molecule has 1 aromatic carbocycles. The quantitative estimate of drug-likeness (QED) is 0.911. The van der Waals surface area contributed by atoms with E-state index in [2.05, 4.69) is 4.72 Å². The van der Waals surface area contributed by atoms with Crippen LogP contribution in [0.1, 0.15) is 37.9 Å². The molecule has 1 heterocycles. The molecule has 1 aliphatic rings. The first-order valence-corrected chi connectivity index (χ1v) is 7.26. The van der Waals surface area contributed by atoms with Crippen LogP contribution in [0.2, 0.25) is 0 Å². The minimum absolute atomic E-state index is 0.179. The molecule has 20 heavy (non-hydrogen) atoms. The van der Waals surface area contributed by atoms with Crippen molar-refractivity contribution >= 4 is 11.0 Å². The van der Waals surface area contributed by atoms with Crippen LogP contribution in [-0.4, -0.2) is 15.6 Å². The molecule has 0 aromatic heterocycles. The number of nitrogens with one attached hydrogen (secondary N) is 1. The van der Waals surface area contributed by atoms with Crippen molar-refractivity contribution in [3.63, 3.8) is 0 Å². The van der Waals surface area contributed by atoms with Crippen LogP contribution < -0.4 is 9.46 Å². The number of hydrogen-bond acceptors (Lipinski definition) is 2. The maximum absolute atomic E-state index is 12.7. The van der Waals surface area contributed by atoms with E-state index in [0.717, 1.165) is 12.1 Å². The molecule has 1 aromatic rings. The predicted molar refractivity (Wildman–Crippen MR) is 70.7 cm³/mol. The summed E-state index contributed by atoms with van der Waals surface area (Å²) in [5.41, 5.74) is -0.326. The van der Waals surface area contributed by atoms with Crippen LogP contribution in [0.4, 0.5) is 13.2 Å². The first-order chi connectivity index (χ1) is 9.09. The molecule has 1 aliphatic heterocycles. The zero-order valence-corrected chi connectivity index (χ0v) is 12.2. The second kappa shape index (κ2) is 5.04. The topological polar surface area (TPSA) is 38.3 Å². The van der Waals surface area contributed by atoms with Gasteiger partial charge in [0.05, 0.1) is 27.3 Å². The van der Waals surface area contributed by atoms with Crippen LogP contribution in [-0.2, 0) is 17.2 Å². The van der Waals surface area contributed by atoms with E-state index in [-0.39, 0.29) is 6.61 Å². The summed E-state index contributed by atoms with van der Waals surface area (Å²) in [7, 11) is -1.37. The Balaban J connectivity index is 2.26. The van der Waals surface area contributed by atoms with E-state index in [1.165, 1.54) is 6.07 Å². The van der Waals surface area contributed by atoms with Gasteiger partial charge in [0, 0.05) is 5.56 Å². The Morgan fingerprint density at radius 2 is 1.95 bits per heavy atom. The fourth-order valence-electron chi connectivity index (χ4n) is 1.79. The van der Waals surface area contributed by atoms with Crippen LogP contribution in [0, 0.1) is 0 Å². The lowest BCUT2D eigenvalue weighted by atomic mass is 10.1. The fraction of sp³-hybridized carbons (Fsp3) is 0.538. The maximum Gasteiger partial charge on any atom is 0.416 e. The third-order valence-corrected chi connectivity index (χ3v) is 4.53. The number of halogens is 3. The fourth-order valence-corrected chi connectivity index (χ4v) is 2.60. The lowest BCUT2D eigenvalue weighted by Crippen LogP contribution is -2.36. The van der Waals surface area contributed by atoms with Gasteiger partial charge in [-0.25, -0.2) is 8.93 Å². The Morgan fingerprint density at radius 1 is 1.30 bits per heavy atom. The van der Waals surface area contributed by atoms with E-state index in [4.69, 9.17) is 4.74 Å². The van der Waals surface area contributed by atoms with Gasteiger partial charge in [0.15, 0.2) is 0 Å². The van der Waals surface area contributed by atoms with E-state index < -0.39 is 33.5 Å². The zero-order chi connectivity index (χ0) is 15.1. The highest BCUT2D eigenvalue weighted by Gasteiger charge is 2.35. The van der Waals surface area contributed by atoms with Gasteiger partial charge < -0.3 is 4.74 Å². The Morgan fingerprint density at radius 3 is 2.50 bits per heavy atom. The van der Waals surface area contributed by atoms with Gasteiger partial charge in [-0.2, -0.15) is 13.2 Å². The van der Waals surface area contributed by atoms with Crippen molar-refractivity contribution in [3.8, 4) is 5.75 Å². The van der Waals surface area contributed by atoms with Gasteiger partial charge in [0.2, 0.25) is 0 Å². The Hall–Kier alpha value is -1.08. The first-order valence-electron chi connectivity index (χ1n) is 6.11. The van der Waals surface area contributed by atoms with Crippen LogP contribution in [0.5, 0.6) is 5.75 Å². The van der Waals surface area contributed by atoms with Crippen molar-refractivity contribution in [2.75, 3.05) is 6.61 Å². The highest BCUT2D eigenvalue weighted by molar-refractivity contribution is 7.84. The average Bonchev–Trinajstić information content (AvgIpc) is 2.69. The standard InChI is InChI=1S/C13H16F3NO2S/c1-12(2,3)20(18)17-10-7-19-11-5-4-8(6-9(10)11)13(14,15)16/h4-6,10,17H,7H2,1-3H3/t10-,20-/m0/s1. The third-order valence-electron chi connectivity index (χ3n) is 2.92. The zero-order valence-electron chi connectivity index (χ0n) is 11.4. The largest absolute Gasteiger partial charge is 0.491 e. The number of ether oxygens (including phenoxy) is 1. The summed E-state index contributed by atoms with van der Waals surface area (Å²) in [5, 5.41) is 0. The molecule has 0 fully saturated rings. The number of fused-ring (bicyclic) bond motifs is 1. The summed E-state index contributed by atoms with van der Waals surface area (Å²) in [4.78, 5) is 0. The summed E-state index contributed by atoms with van der Waals surface area (Å²) >= 11 is 0. The molecular weight excluding hydrogens is 291 g/mol. The molecule has 0 bridgehead atoms. The number of hydrogen-bond donors (Lipinski definition) is 1. The van der Waals surface area contributed by atoms with Crippen molar-refractivity contribution in [2.45, 2.75) is 37.7 Å². The molecule has 0 radical (unpaired) electrons. The molecule has 0 saturated carbocycles. The molecular formula is C13H16F3NO2S. The highest BCUT2D eigenvalue weighted by Crippen LogP contribution is 2.38. The van der Waals surface area contributed by atoms with Crippen LogP contribution in [0.15, 0.2) is 18.2 Å². The van der Waals surface area contributed by atoms with Crippen LogP contribution in [0.25, 0.3) is 0 Å². The highest BCUT2D eigenvalue weighted by atomic mass is 32.2. The van der Waals surface area contributed by atoms with E-state index in [1.54, 1.807) is 20.8 Å². The maximum atomic E-state index is 12.7. The lowest BCUT2D eigenvalue weighted by Gasteiger charge is -2.21. The summed E-state index contributed by atoms with van der Waals surface area (Å²) in [6.45, 7) is 5.55. The summed E-state index contributed by atoms with van der Waals surface area (Å²) in [6, 6.07) is 2.86. The van der Waals surface area contributed by atoms with Crippen LogP contribution >= 0.6 is 0 Å². The van der Waals surface area contributed by atoms with E-state index in [0.29, 0.717) is 11.3 Å². The van der Waals surface area contributed by atoms with Crippen molar-refractivity contribution in [1.29, 1.82) is 0 Å². The molecule has 0 unspecified atom stereocenters. The SMILES string of the molecule is CC(C)(C)[S@](=O)N[C@H]1COc2ccc(C(F)(F)F)cc21. The van der Waals surface area contributed by atoms with Crippen LogP contribution in [0.3, 0.4) is 0 Å². The van der Waals surface area contributed by atoms with Gasteiger partial charge >= 0.3 is 6.18 Å². The molecule has 3 nitrogen and oxygen atoms in total. The normalized spacial score (nSPS) is 20.4. The second-order valence-corrected chi connectivity index (χ2v) is 7.61. The predicted octanol–water partition coefficient (Wildman–Crippen LogP) is 3.19. The van der Waals surface area contributed by atoms with Gasteiger partial charge in [-0.3, -0.25) is 0 Å². The smallest absolute Gasteiger partial charge is 0.416 e. The molecule has 112 valence electrons. The average molecular weight is 307 g/mol. The van der Waals surface area contributed by atoms with Crippen molar-refractivity contribution in [3.05, 3.63) is 29.3 Å².